The van der Waals surface area contributed by atoms with Gasteiger partial charge in [-0.1, -0.05) is 46.6 Å². The third-order valence-electron chi connectivity index (χ3n) is 10.2. The third-order valence-corrected chi connectivity index (χ3v) is 10.2. The Hall–Kier alpha value is -2.29. The quantitative estimate of drug-likeness (QED) is 0.412. The van der Waals surface area contributed by atoms with Gasteiger partial charge < -0.3 is 19.7 Å². The van der Waals surface area contributed by atoms with Gasteiger partial charge >= 0.3 is 12.1 Å². The molecule has 0 aromatic carbocycles. The lowest BCUT2D eigenvalue weighted by Gasteiger charge is -2.62. The minimum atomic E-state index is -2.34. The molecule has 0 saturated heterocycles. The molecule has 3 saturated carbocycles. The molecule has 212 valence electrons. The van der Waals surface area contributed by atoms with E-state index in [1.54, 1.807) is 13.8 Å². The van der Waals surface area contributed by atoms with Gasteiger partial charge in [0, 0.05) is 22.7 Å². The Morgan fingerprint density at radius 3 is 2.37 bits per heavy atom. The highest BCUT2D eigenvalue weighted by atomic mass is 19.1. The number of carbonyl (C=O) groups is 3. The maximum Gasteiger partial charge on any atom is 0.509 e. The molecule has 2 N–H and O–H groups in total. The fourth-order valence-electron chi connectivity index (χ4n) is 8.44. The Balaban J connectivity index is 1.74. The molecule has 4 rings (SSSR count). The van der Waals surface area contributed by atoms with Crippen molar-refractivity contribution in [2.75, 3.05) is 0 Å². The Bertz CT molecular complexity index is 1050. The summed E-state index contributed by atoms with van der Waals surface area (Å²) in [6.45, 7) is 8.63. The number of ether oxygens (including phenoxy) is 2. The number of aliphatic carboxylic acids is 1. The molecule has 0 heterocycles. The van der Waals surface area contributed by atoms with Gasteiger partial charge in [-0.2, -0.15) is 0 Å². The van der Waals surface area contributed by atoms with E-state index in [-0.39, 0.29) is 24.8 Å². The third kappa shape index (κ3) is 3.78. The van der Waals surface area contributed by atoms with Crippen LogP contribution in [-0.4, -0.2) is 57.8 Å². The van der Waals surface area contributed by atoms with Gasteiger partial charge in [-0.05, 0) is 62.7 Å². The Morgan fingerprint density at radius 2 is 1.79 bits per heavy atom. The van der Waals surface area contributed by atoms with Gasteiger partial charge in [0.05, 0.1) is 6.10 Å². The van der Waals surface area contributed by atoms with E-state index in [9.17, 15) is 24.6 Å². The molecule has 0 aliphatic heterocycles. The highest BCUT2D eigenvalue weighted by molar-refractivity contribution is 6.01. The van der Waals surface area contributed by atoms with Crippen molar-refractivity contribution < 1.29 is 42.9 Å². The largest absolute Gasteiger partial charge is 0.509 e. The van der Waals surface area contributed by atoms with Crippen LogP contribution >= 0.6 is 0 Å². The maximum atomic E-state index is 17.3. The molecular weight excluding hydrogens is 498 g/mol. The fraction of sp³-hybridized carbons (Fsp3) is 0.759. The summed E-state index contributed by atoms with van der Waals surface area (Å²) in [4.78, 5) is 38.0. The summed E-state index contributed by atoms with van der Waals surface area (Å²) in [7, 11) is 0. The summed E-state index contributed by atoms with van der Waals surface area (Å²) in [6, 6.07) is 0. The number of carboxylic acid groups (broad SMARTS) is 1. The van der Waals surface area contributed by atoms with E-state index in [2.05, 4.69) is 0 Å². The van der Waals surface area contributed by atoms with E-state index >= 15 is 8.78 Å². The number of carboxylic acids is 1. The molecule has 38 heavy (non-hydrogen) atoms. The van der Waals surface area contributed by atoms with Crippen LogP contribution in [0.15, 0.2) is 23.8 Å². The summed E-state index contributed by atoms with van der Waals surface area (Å²) >= 11 is 0. The molecule has 4 aliphatic rings. The molecule has 3 unspecified atom stereocenters. The molecule has 0 bridgehead atoms. The summed E-state index contributed by atoms with van der Waals surface area (Å²) in [6.07, 6.45) is 1.09. The molecule has 9 atom stereocenters. The molecule has 3 fully saturated rings. The first-order valence-electron chi connectivity index (χ1n) is 13.8. The zero-order chi connectivity index (χ0) is 28.3. The normalized spacial score (nSPS) is 43.7. The van der Waals surface area contributed by atoms with Crippen LogP contribution in [0.3, 0.4) is 0 Å². The van der Waals surface area contributed by atoms with E-state index in [0.717, 1.165) is 18.9 Å². The minimum absolute atomic E-state index is 0.000311. The number of allylic oxidation sites excluding steroid dienone is 4. The van der Waals surface area contributed by atoms with Crippen LogP contribution in [0, 0.1) is 28.6 Å². The van der Waals surface area contributed by atoms with Crippen LogP contribution < -0.4 is 0 Å². The fourth-order valence-corrected chi connectivity index (χ4v) is 8.44. The van der Waals surface area contributed by atoms with E-state index in [1.807, 2.05) is 13.8 Å². The standard InChI is InChI=1S/C29H40F2O7/c1-6-8-18(9-7-2)37-25(36)38-29(24(34)35)16(3)12-19-20-14-22(30)21-13-17(32)10-11-26(21,4)28(20,31)23(33)15-27(19,29)5/h10-11,13,16,18-20,22-23,33H,6-9,12,14-15H2,1-5H3,(H,34,35)/t16?,19-,20-,22-,23?,26-,27-,28?,29+/m0/s1. The smallest absolute Gasteiger partial charge is 0.478 e. The van der Waals surface area contributed by atoms with Gasteiger partial charge in [-0.25, -0.2) is 18.4 Å². The van der Waals surface area contributed by atoms with Gasteiger partial charge in [-0.3, -0.25) is 4.79 Å². The predicted molar refractivity (Wildman–Crippen MR) is 135 cm³/mol. The highest BCUT2D eigenvalue weighted by Crippen LogP contribution is 2.71. The molecule has 0 aromatic heterocycles. The van der Waals surface area contributed by atoms with Gasteiger partial charge in [-0.15, -0.1) is 0 Å². The molecule has 0 amide bonds. The summed E-state index contributed by atoms with van der Waals surface area (Å²) in [5, 5.41) is 22.0. The molecule has 7 nitrogen and oxygen atoms in total. The van der Waals surface area contributed by atoms with Crippen molar-refractivity contribution in [1.29, 1.82) is 0 Å². The first-order valence-corrected chi connectivity index (χ1v) is 13.8. The number of aliphatic hydroxyl groups is 1. The van der Waals surface area contributed by atoms with Crippen molar-refractivity contribution in [2.24, 2.45) is 28.6 Å². The van der Waals surface area contributed by atoms with Crippen molar-refractivity contribution in [3.63, 3.8) is 0 Å². The average molecular weight is 539 g/mol. The maximum absolute atomic E-state index is 17.3. The Morgan fingerprint density at radius 1 is 1.16 bits per heavy atom. The number of alkyl halides is 2. The number of halogens is 2. The van der Waals surface area contributed by atoms with E-state index < -0.39 is 76.1 Å². The van der Waals surface area contributed by atoms with Gasteiger partial charge in [0.25, 0.3) is 0 Å². The van der Waals surface area contributed by atoms with Crippen LogP contribution in [0.25, 0.3) is 0 Å². The second-order valence-corrected chi connectivity index (χ2v) is 12.2. The number of fused-ring (bicyclic) bond motifs is 5. The lowest BCUT2D eigenvalue weighted by atomic mass is 9.44. The highest BCUT2D eigenvalue weighted by Gasteiger charge is 2.78. The number of hydrogen-bond acceptors (Lipinski definition) is 6. The van der Waals surface area contributed by atoms with E-state index in [4.69, 9.17) is 9.47 Å². The number of hydrogen-bond donors (Lipinski definition) is 2. The summed E-state index contributed by atoms with van der Waals surface area (Å²) < 4.78 is 44.2. The number of aliphatic hydroxyl groups excluding tert-OH is 1. The summed E-state index contributed by atoms with van der Waals surface area (Å²) in [5.74, 6) is -4.36. The second kappa shape index (κ2) is 9.72. The molecule has 4 aliphatic carbocycles. The number of carbonyl (C=O) groups excluding carboxylic acids is 2. The van der Waals surface area contributed by atoms with Crippen LogP contribution in [0.2, 0.25) is 0 Å². The predicted octanol–water partition coefficient (Wildman–Crippen LogP) is 5.50. The lowest BCUT2D eigenvalue weighted by molar-refractivity contribution is -0.232. The Labute approximate surface area is 222 Å². The number of ketones is 1. The van der Waals surface area contributed by atoms with Crippen molar-refractivity contribution >= 4 is 17.9 Å². The zero-order valence-electron chi connectivity index (χ0n) is 22.8. The minimum Gasteiger partial charge on any atom is -0.478 e. The van der Waals surface area contributed by atoms with Gasteiger partial charge in [0.1, 0.15) is 12.3 Å². The average Bonchev–Trinajstić information content (AvgIpc) is 3.05. The molecule has 9 heteroatoms. The van der Waals surface area contributed by atoms with Crippen LogP contribution in [-0.2, 0) is 19.1 Å². The van der Waals surface area contributed by atoms with Crippen molar-refractivity contribution in [3.05, 3.63) is 23.8 Å². The Kier molecular flexibility index (Phi) is 7.34. The van der Waals surface area contributed by atoms with Crippen molar-refractivity contribution in [1.82, 2.24) is 0 Å². The van der Waals surface area contributed by atoms with Crippen molar-refractivity contribution in [2.45, 2.75) is 109 Å². The molecular formula is C29H40F2O7. The van der Waals surface area contributed by atoms with Gasteiger partial charge in [0.2, 0.25) is 5.60 Å². The first-order chi connectivity index (χ1) is 17.7. The zero-order valence-corrected chi connectivity index (χ0v) is 22.8. The van der Waals surface area contributed by atoms with Crippen LogP contribution in [0.4, 0.5) is 13.6 Å². The SMILES string of the molecule is CCCC(CCC)OC(=O)O[C@@]1(C(=O)O)C(C)C[C@H]2[C@@H]3C[C@H](F)C4=CC(=O)C=C[C@]4(C)C3(F)C(O)C[C@@]21C. The van der Waals surface area contributed by atoms with Crippen molar-refractivity contribution in [3.8, 4) is 0 Å². The summed E-state index contributed by atoms with van der Waals surface area (Å²) in [5.41, 5.74) is -7.41. The molecule has 0 spiro atoms. The monoisotopic (exact) mass is 538 g/mol. The number of rotatable bonds is 7. The topological polar surface area (TPSA) is 110 Å². The van der Waals surface area contributed by atoms with Crippen LogP contribution in [0.1, 0.15) is 79.6 Å². The van der Waals surface area contributed by atoms with E-state index in [0.29, 0.717) is 12.8 Å². The van der Waals surface area contributed by atoms with Crippen LogP contribution in [0.5, 0.6) is 0 Å². The van der Waals surface area contributed by atoms with Gasteiger partial charge in [0.15, 0.2) is 11.5 Å². The van der Waals surface area contributed by atoms with E-state index in [1.165, 1.54) is 19.1 Å². The first kappa shape index (κ1) is 28.7. The second-order valence-electron chi connectivity index (χ2n) is 12.2. The molecule has 0 aromatic rings. The lowest BCUT2D eigenvalue weighted by Crippen LogP contribution is -2.71. The molecule has 0 radical (unpaired) electrons.